The molecule has 2 heterocycles. The van der Waals surface area contributed by atoms with Crippen LogP contribution in [0.25, 0.3) is 0 Å². The molecule has 0 unspecified atom stereocenters. The zero-order chi connectivity index (χ0) is 14.8. The molecule has 1 saturated carbocycles. The second kappa shape index (κ2) is 5.84. The van der Waals surface area contributed by atoms with Crippen molar-refractivity contribution in [2.75, 3.05) is 6.54 Å². The van der Waals surface area contributed by atoms with Crippen LogP contribution in [0.5, 0.6) is 0 Å². The monoisotopic (exact) mass is 288 g/mol. The first-order chi connectivity index (χ1) is 10.2. The van der Waals surface area contributed by atoms with E-state index in [1.807, 2.05) is 4.90 Å². The first-order valence-electron chi connectivity index (χ1n) is 7.67. The highest BCUT2D eigenvalue weighted by Gasteiger charge is 2.36. The minimum Gasteiger partial charge on any atom is -0.477 e. The van der Waals surface area contributed by atoms with Gasteiger partial charge in [-0.25, -0.2) is 9.78 Å². The smallest absolute Gasteiger partial charge is 0.354 e. The lowest BCUT2D eigenvalue weighted by molar-refractivity contribution is 0.0389. The summed E-state index contributed by atoms with van der Waals surface area (Å²) in [6, 6.07) is 3.34. The van der Waals surface area contributed by atoms with Gasteiger partial charge >= 0.3 is 5.97 Å². The number of aromatic carboxylic acids is 1. The van der Waals surface area contributed by atoms with Crippen LogP contribution in [-0.4, -0.2) is 39.5 Å². The van der Waals surface area contributed by atoms with Crippen LogP contribution < -0.4 is 0 Å². The van der Waals surface area contributed by atoms with Gasteiger partial charge in [-0.3, -0.25) is 4.79 Å². The first kappa shape index (κ1) is 14.0. The Kier molecular flexibility index (Phi) is 3.90. The number of amides is 1. The molecule has 1 aliphatic heterocycles. The predicted octanol–water partition coefficient (Wildman–Crippen LogP) is 2.57. The van der Waals surface area contributed by atoms with E-state index in [9.17, 15) is 9.59 Å². The van der Waals surface area contributed by atoms with E-state index in [2.05, 4.69) is 4.98 Å². The van der Waals surface area contributed by atoms with E-state index in [0.717, 1.165) is 19.4 Å². The molecule has 21 heavy (non-hydrogen) atoms. The minimum atomic E-state index is -1.07. The molecule has 2 fully saturated rings. The molecule has 0 radical (unpaired) electrons. The number of fused-ring (bicyclic) bond motifs is 1. The standard InChI is InChI=1S/C16H20N2O3/c19-15(12-7-8-13(16(20)21)17-10-12)18-9-3-5-11-4-1-2-6-14(11)18/h7-8,10-11,14H,1-6,9H2,(H,20,21)/t11-,14-/m1/s1. The number of piperidine rings is 1. The first-order valence-corrected chi connectivity index (χ1v) is 7.67. The van der Waals surface area contributed by atoms with E-state index in [1.54, 1.807) is 6.07 Å². The molecule has 1 N–H and O–H groups in total. The van der Waals surface area contributed by atoms with Crippen LogP contribution in [0.2, 0.25) is 0 Å². The Bertz CT molecular complexity index is 539. The Labute approximate surface area is 124 Å². The van der Waals surface area contributed by atoms with Crippen molar-refractivity contribution in [3.63, 3.8) is 0 Å². The second-order valence-electron chi connectivity index (χ2n) is 5.99. The Hall–Kier alpha value is -1.91. The summed E-state index contributed by atoms with van der Waals surface area (Å²) in [6.45, 7) is 0.806. The summed E-state index contributed by atoms with van der Waals surface area (Å²) in [4.78, 5) is 29.3. The van der Waals surface area contributed by atoms with Crippen LogP contribution in [0, 0.1) is 5.92 Å². The van der Waals surface area contributed by atoms with E-state index >= 15 is 0 Å². The maximum Gasteiger partial charge on any atom is 0.354 e. The van der Waals surface area contributed by atoms with Crippen LogP contribution in [0.15, 0.2) is 18.3 Å². The Balaban J connectivity index is 1.78. The van der Waals surface area contributed by atoms with Gasteiger partial charge in [-0.2, -0.15) is 0 Å². The number of carbonyl (C=O) groups excluding carboxylic acids is 1. The fraction of sp³-hybridized carbons (Fsp3) is 0.562. The zero-order valence-electron chi connectivity index (χ0n) is 12.0. The second-order valence-corrected chi connectivity index (χ2v) is 5.99. The molecular weight excluding hydrogens is 268 g/mol. The highest BCUT2D eigenvalue weighted by Crippen LogP contribution is 2.35. The molecule has 1 amide bonds. The number of pyridine rings is 1. The van der Waals surface area contributed by atoms with Crippen LogP contribution in [0.3, 0.4) is 0 Å². The maximum absolute atomic E-state index is 12.7. The van der Waals surface area contributed by atoms with Crippen molar-refractivity contribution in [3.05, 3.63) is 29.6 Å². The van der Waals surface area contributed by atoms with Crippen molar-refractivity contribution in [3.8, 4) is 0 Å². The van der Waals surface area contributed by atoms with Gasteiger partial charge in [-0.05, 0) is 43.7 Å². The molecule has 5 nitrogen and oxygen atoms in total. The van der Waals surface area contributed by atoms with Gasteiger partial charge in [0.2, 0.25) is 0 Å². The van der Waals surface area contributed by atoms with Gasteiger partial charge in [0.25, 0.3) is 5.91 Å². The number of carboxylic acid groups (broad SMARTS) is 1. The summed E-state index contributed by atoms with van der Waals surface area (Å²) in [7, 11) is 0. The molecule has 0 spiro atoms. The Morgan fingerprint density at radius 1 is 1.14 bits per heavy atom. The average Bonchev–Trinajstić information content (AvgIpc) is 2.53. The van der Waals surface area contributed by atoms with E-state index in [4.69, 9.17) is 5.11 Å². The van der Waals surface area contributed by atoms with Crippen molar-refractivity contribution >= 4 is 11.9 Å². The third kappa shape index (κ3) is 2.77. The molecule has 3 rings (SSSR count). The lowest BCUT2D eigenvalue weighted by atomic mass is 9.78. The van der Waals surface area contributed by atoms with E-state index in [1.165, 1.54) is 37.9 Å². The minimum absolute atomic E-state index is 0.00367. The third-order valence-corrected chi connectivity index (χ3v) is 4.73. The zero-order valence-corrected chi connectivity index (χ0v) is 12.0. The van der Waals surface area contributed by atoms with Gasteiger partial charge in [0.05, 0.1) is 5.56 Å². The van der Waals surface area contributed by atoms with Gasteiger partial charge in [-0.15, -0.1) is 0 Å². The van der Waals surface area contributed by atoms with Gasteiger partial charge in [0.15, 0.2) is 0 Å². The number of aromatic nitrogens is 1. The Morgan fingerprint density at radius 2 is 1.90 bits per heavy atom. The average molecular weight is 288 g/mol. The molecule has 2 atom stereocenters. The molecule has 2 aliphatic rings. The molecule has 1 aromatic rings. The molecule has 1 aromatic heterocycles. The lowest BCUT2D eigenvalue weighted by Gasteiger charge is -2.44. The molecular formula is C16H20N2O3. The summed E-state index contributed by atoms with van der Waals surface area (Å²) in [5.41, 5.74) is 0.465. The van der Waals surface area contributed by atoms with Crippen LogP contribution in [0.4, 0.5) is 0 Å². The predicted molar refractivity (Wildman–Crippen MR) is 77.2 cm³/mol. The highest BCUT2D eigenvalue weighted by molar-refractivity contribution is 5.95. The largest absolute Gasteiger partial charge is 0.477 e. The number of rotatable bonds is 2. The van der Waals surface area contributed by atoms with Gasteiger partial charge in [-0.1, -0.05) is 12.8 Å². The Morgan fingerprint density at radius 3 is 2.62 bits per heavy atom. The summed E-state index contributed by atoms with van der Waals surface area (Å²) < 4.78 is 0. The number of carbonyl (C=O) groups is 2. The van der Waals surface area contributed by atoms with Crippen molar-refractivity contribution in [1.29, 1.82) is 0 Å². The fourth-order valence-corrected chi connectivity index (χ4v) is 3.69. The molecule has 1 saturated heterocycles. The van der Waals surface area contributed by atoms with Crippen LogP contribution in [-0.2, 0) is 0 Å². The van der Waals surface area contributed by atoms with E-state index < -0.39 is 5.97 Å². The molecule has 0 bridgehead atoms. The maximum atomic E-state index is 12.7. The summed E-state index contributed by atoms with van der Waals surface area (Å²) in [5, 5.41) is 8.86. The SMILES string of the molecule is O=C(O)c1ccc(C(=O)N2CCC[C@H]3CCCC[C@H]32)cn1. The van der Waals surface area contributed by atoms with Crippen molar-refractivity contribution in [1.82, 2.24) is 9.88 Å². The summed E-state index contributed by atoms with van der Waals surface area (Å²) in [5.74, 6) is -0.432. The quantitative estimate of drug-likeness (QED) is 0.908. The number of hydrogen-bond acceptors (Lipinski definition) is 3. The number of likely N-dealkylation sites (tertiary alicyclic amines) is 1. The van der Waals surface area contributed by atoms with Crippen LogP contribution >= 0.6 is 0 Å². The van der Waals surface area contributed by atoms with Crippen molar-refractivity contribution in [2.45, 2.75) is 44.6 Å². The summed E-state index contributed by atoms with van der Waals surface area (Å²) >= 11 is 0. The normalized spacial score (nSPS) is 25.2. The van der Waals surface area contributed by atoms with Gasteiger partial charge < -0.3 is 10.0 Å². The van der Waals surface area contributed by atoms with E-state index in [-0.39, 0.29) is 11.6 Å². The number of carboxylic acids is 1. The number of nitrogens with zero attached hydrogens (tertiary/aromatic N) is 2. The van der Waals surface area contributed by atoms with Crippen LogP contribution in [0.1, 0.15) is 59.4 Å². The molecule has 5 heteroatoms. The molecule has 112 valence electrons. The molecule has 0 aromatic carbocycles. The highest BCUT2D eigenvalue weighted by atomic mass is 16.4. The van der Waals surface area contributed by atoms with Crippen molar-refractivity contribution in [2.24, 2.45) is 5.92 Å². The van der Waals surface area contributed by atoms with Gasteiger partial charge in [0.1, 0.15) is 5.69 Å². The van der Waals surface area contributed by atoms with E-state index in [0.29, 0.717) is 17.5 Å². The molecule has 1 aliphatic carbocycles. The lowest BCUT2D eigenvalue weighted by Crippen LogP contribution is -2.49. The third-order valence-electron chi connectivity index (χ3n) is 4.73. The van der Waals surface area contributed by atoms with Gasteiger partial charge in [0, 0.05) is 18.8 Å². The topological polar surface area (TPSA) is 70.5 Å². The number of hydrogen-bond donors (Lipinski definition) is 1. The van der Waals surface area contributed by atoms with Crippen molar-refractivity contribution < 1.29 is 14.7 Å². The fourth-order valence-electron chi connectivity index (χ4n) is 3.69. The summed E-state index contributed by atoms with van der Waals surface area (Å²) in [6.07, 6.45) is 8.47.